The van der Waals surface area contributed by atoms with Gasteiger partial charge in [-0.1, -0.05) is 67.6 Å². The van der Waals surface area contributed by atoms with Crippen molar-refractivity contribution in [2.24, 2.45) is 28.6 Å². The van der Waals surface area contributed by atoms with Crippen LogP contribution in [0.25, 0.3) is 0 Å². The van der Waals surface area contributed by atoms with Crippen LogP contribution >= 0.6 is 0 Å². The van der Waals surface area contributed by atoms with Gasteiger partial charge in [-0.25, -0.2) is 0 Å². The van der Waals surface area contributed by atoms with E-state index >= 15 is 0 Å². The number of fused-ring (bicyclic) bond motifs is 5. The molecule has 164 valence electrons. The van der Waals surface area contributed by atoms with Gasteiger partial charge in [0, 0.05) is 18.3 Å². The van der Waals surface area contributed by atoms with E-state index in [1.54, 1.807) is 13.8 Å². The van der Waals surface area contributed by atoms with E-state index in [9.17, 15) is 15.3 Å². The maximum absolute atomic E-state index is 11.0. The van der Waals surface area contributed by atoms with Gasteiger partial charge in [-0.2, -0.15) is 0 Å². The molecule has 0 saturated heterocycles. The molecule has 2 saturated carbocycles. The van der Waals surface area contributed by atoms with E-state index in [0.717, 1.165) is 25.7 Å². The Morgan fingerprint density at radius 2 is 1.93 bits per heavy atom. The highest BCUT2D eigenvalue weighted by Gasteiger charge is 2.56. The first-order chi connectivity index (χ1) is 14.0. The van der Waals surface area contributed by atoms with Crippen LogP contribution in [0.5, 0.6) is 0 Å². The van der Waals surface area contributed by atoms with Crippen LogP contribution in [0.2, 0.25) is 0 Å². The van der Waals surface area contributed by atoms with Crippen molar-refractivity contribution in [2.45, 2.75) is 91.0 Å². The van der Waals surface area contributed by atoms with E-state index in [-0.39, 0.29) is 10.8 Å². The summed E-state index contributed by atoms with van der Waals surface area (Å²) in [7, 11) is 0. The summed E-state index contributed by atoms with van der Waals surface area (Å²) in [6.45, 7) is 10.4. The Kier molecular flexibility index (Phi) is 5.37. The molecule has 0 radical (unpaired) electrons. The van der Waals surface area contributed by atoms with Crippen LogP contribution in [0.15, 0.2) is 34.9 Å². The third-order valence-electron chi connectivity index (χ3n) is 8.63. The van der Waals surface area contributed by atoms with Crippen LogP contribution in [0.3, 0.4) is 0 Å². The number of rotatable bonds is 2. The van der Waals surface area contributed by atoms with E-state index in [4.69, 9.17) is 0 Å². The largest absolute Gasteiger partial charge is 0.393 e. The van der Waals surface area contributed by atoms with Crippen molar-refractivity contribution in [3.05, 3.63) is 34.9 Å². The highest BCUT2D eigenvalue weighted by Crippen LogP contribution is 2.64. The van der Waals surface area contributed by atoms with Crippen molar-refractivity contribution in [2.75, 3.05) is 0 Å². The molecular weight excluding hydrogens is 372 g/mol. The minimum Gasteiger partial charge on any atom is -0.393 e. The topological polar surface area (TPSA) is 60.7 Å². The average Bonchev–Trinajstić information content (AvgIpc) is 2.99. The summed E-state index contributed by atoms with van der Waals surface area (Å²) in [5.74, 6) is 7.41. The molecule has 0 spiro atoms. The van der Waals surface area contributed by atoms with E-state index in [0.29, 0.717) is 30.6 Å². The first kappa shape index (κ1) is 21.9. The first-order valence-electron chi connectivity index (χ1n) is 11.7. The second-order valence-electron chi connectivity index (χ2n) is 11.2. The fraction of sp³-hybridized carbons (Fsp3) is 0.704. The molecule has 7 atom stereocenters. The van der Waals surface area contributed by atoms with E-state index in [1.807, 2.05) is 0 Å². The lowest BCUT2D eigenvalue weighted by molar-refractivity contribution is -0.0492. The normalized spacial score (nSPS) is 41.3. The Morgan fingerprint density at radius 1 is 1.20 bits per heavy atom. The molecule has 0 aromatic heterocycles. The third kappa shape index (κ3) is 3.42. The van der Waals surface area contributed by atoms with Gasteiger partial charge in [0.25, 0.3) is 0 Å². The summed E-state index contributed by atoms with van der Waals surface area (Å²) in [4.78, 5) is 0. The summed E-state index contributed by atoms with van der Waals surface area (Å²) in [5, 5.41) is 31.1. The highest BCUT2D eigenvalue weighted by molar-refractivity contribution is 5.43. The summed E-state index contributed by atoms with van der Waals surface area (Å²) in [6.07, 6.45) is 11.3. The molecule has 4 aliphatic rings. The van der Waals surface area contributed by atoms with Crippen LogP contribution in [0.1, 0.15) is 73.1 Å². The van der Waals surface area contributed by atoms with Gasteiger partial charge in [-0.15, -0.1) is 0 Å². The summed E-state index contributed by atoms with van der Waals surface area (Å²) in [6, 6.07) is 0. The highest BCUT2D eigenvalue weighted by atomic mass is 16.3. The molecule has 0 aromatic carbocycles. The van der Waals surface area contributed by atoms with Gasteiger partial charge >= 0.3 is 0 Å². The number of allylic oxidation sites excluding steroid dienone is 5. The minimum atomic E-state index is -0.935. The molecule has 4 rings (SSSR count). The molecule has 0 unspecified atom stereocenters. The second kappa shape index (κ2) is 7.37. The van der Waals surface area contributed by atoms with Crippen LogP contribution < -0.4 is 0 Å². The van der Waals surface area contributed by atoms with Crippen LogP contribution in [0.4, 0.5) is 0 Å². The van der Waals surface area contributed by atoms with Crippen molar-refractivity contribution < 1.29 is 15.3 Å². The summed E-state index contributed by atoms with van der Waals surface area (Å²) >= 11 is 0. The number of hydrogen-bond donors (Lipinski definition) is 3. The molecule has 3 N–H and O–H groups in total. The van der Waals surface area contributed by atoms with Crippen molar-refractivity contribution in [1.82, 2.24) is 0 Å². The van der Waals surface area contributed by atoms with E-state index in [1.165, 1.54) is 16.7 Å². The molecule has 0 amide bonds. The lowest BCUT2D eigenvalue weighted by Gasteiger charge is -2.56. The second-order valence-corrected chi connectivity index (χ2v) is 11.2. The third-order valence-corrected chi connectivity index (χ3v) is 8.63. The lowest BCUT2D eigenvalue weighted by Crippen LogP contribution is -2.52. The van der Waals surface area contributed by atoms with Crippen molar-refractivity contribution in [1.29, 1.82) is 0 Å². The SMILES string of the molecule is C[C@H](CC#CC(C)(C)O)C1=CC[C@@H]2C3=CC=C4C[C@@H](O)C[C@H](O)[C@]4(C)[C@H]3CC[C@]12C. The molecule has 3 heteroatoms. The molecule has 0 aliphatic heterocycles. The van der Waals surface area contributed by atoms with Crippen molar-refractivity contribution in [3.63, 3.8) is 0 Å². The zero-order chi connectivity index (χ0) is 21.9. The molecule has 0 bridgehead atoms. The maximum Gasteiger partial charge on any atom is 0.119 e. The molecule has 30 heavy (non-hydrogen) atoms. The lowest BCUT2D eigenvalue weighted by atomic mass is 9.49. The number of aliphatic hydroxyl groups excluding tert-OH is 2. The Labute approximate surface area is 182 Å². The summed E-state index contributed by atoms with van der Waals surface area (Å²) in [5.41, 5.74) is 3.24. The molecular formula is C27H38O3. The number of hydrogen-bond acceptors (Lipinski definition) is 3. The zero-order valence-corrected chi connectivity index (χ0v) is 19.2. The maximum atomic E-state index is 11.0. The Bertz CT molecular complexity index is 861. The summed E-state index contributed by atoms with van der Waals surface area (Å²) < 4.78 is 0. The van der Waals surface area contributed by atoms with Gasteiger partial charge in [0.1, 0.15) is 5.60 Å². The quantitative estimate of drug-likeness (QED) is 0.463. The molecule has 3 nitrogen and oxygen atoms in total. The minimum absolute atomic E-state index is 0.152. The molecule has 0 heterocycles. The Hall–Kier alpha value is -1.34. The monoisotopic (exact) mass is 410 g/mol. The zero-order valence-electron chi connectivity index (χ0n) is 19.2. The average molecular weight is 411 g/mol. The van der Waals surface area contributed by atoms with Gasteiger partial charge in [0.05, 0.1) is 12.2 Å². The Morgan fingerprint density at radius 3 is 2.63 bits per heavy atom. The smallest absolute Gasteiger partial charge is 0.119 e. The van der Waals surface area contributed by atoms with Crippen LogP contribution in [0, 0.1) is 40.4 Å². The molecule has 4 aliphatic carbocycles. The predicted molar refractivity (Wildman–Crippen MR) is 120 cm³/mol. The van der Waals surface area contributed by atoms with Crippen molar-refractivity contribution >= 4 is 0 Å². The number of aliphatic hydroxyl groups is 3. The van der Waals surface area contributed by atoms with E-state index in [2.05, 4.69) is 50.8 Å². The first-order valence-corrected chi connectivity index (χ1v) is 11.7. The van der Waals surface area contributed by atoms with Crippen LogP contribution in [-0.4, -0.2) is 33.1 Å². The fourth-order valence-corrected chi connectivity index (χ4v) is 6.96. The van der Waals surface area contributed by atoms with Gasteiger partial charge < -0.3 is 15.3 Å². The standard InChI is InChI=1S/C27H38O3/c1-17(7-6-13-25(2,3)30)21-10-11-22-20-9-8-18-15-19(28)16-24(29)27(18,5)23(20)12-14-26(21,22)4/h8-10,17,19,22-24,28-30H,7,11-12,14-16H2,1-5H3/t17-,19-,22-,23+,24+,26-,27+/m1/s1. The van der Waals surface area contributed by atoms with Gasteiger partial charge in [-0.3, -0.25) is 0 Å². The Balaban J connectivity index is 1.59. The fourth-order valence-electron chi connectivity index (χ4n) is 6.96. The van der Waals surface area contributed by atoms with Gasteiger partial charge in [-0.05, 0) is 62.7 Å². The van der Waals surface area contributed by atoms with Gasteiger partial charge in [0.2, 0.25) is 0 Å². The predicted octanol–water partition coefficient (Wildman–Crippen LogP) is 4.54. The molecule has 0 aromatic rings. The molecule has 2 fully saturated rings. The van der Waals surface area contributed by atoms with Gasteiger partial charge in [0.15, 0.2) is 0 Å². The van der Waals surface area contributed by atoms with Crippen molar-refractivity contribution in [3.8, 4) is 11.8 Å². The van der Waals surface area contributed by atoms with Crippen LogP contribution in [-0.2, 0) is 0 Å². The van der Waals surface area contributed by atoms with E-state index < -0.39 is 17.8 Å².